The summed E-state index contributed by atoms with van der Waals surface area (Å²) in [6.45, 7) is 6.07. The maximum atomic E-state index is 13.6. The molecule has 2 aromatic carbocycles. The molecule has 5 rings (SSSR count). The van der Waals surface area contributed by atoms with Crippen LogP contribution in [0.5, 0.6) is 5.75 Å². The predicted molar refractivity (Wildman–Crippen MR) is 128 cm³/mol. The molecule has 3 aromatic rings. The van der Waals surface area contributed by atoms with Crippen molar-refractivity contribution in [1.29, 1.82) is 0 Å². The summed E-state index contributed by atoms with van der Waals surface area (Å²) < 4.78 is 7.41. The molecule has 2 aliphatic rings. The zero-order valence-corrected chi connectivity index (χ0v) is 19.3. The molecule has 0 bridgehead atoms. The van der Waals surface area contributed by atoms with Gasteiger partial charge in [0.15, 0.2) is 0 Å². The predicted octanol–water partition coefficient (Wildman–Crippen LogP) is 4.23. The van der Waals surface area contributed by atoms with Gasteiger partial charge in [0.2, 0.25) is 0 Å². The van der Waals surface area contributed by atoms with E-state index in [0.29, 0.717) is 19.8 Å². The number of hydrogen-bond acceptors (Lipinski definition) is 4. The summed E-state index contributed by atoms with van der Waals surface area (Å²) in [4.78, 5) is 22.2. The van der Waals surface area contributed by atoms with Crippen LogP contribution in [-0.2, 0) is 6.67 Å². The van der Waals surface area contributed by atoms with Crippen LogP contribution >= 0.6 is 12.4 Å². The van der Waals surface area contributed by atoms with Crippen molar-refractivity contribution in [2.24, 2.45) is 0 Å². The van der Waals surface area contributed by atoms with Crippen molar-refractivity contribution in [2.45, 2.75) is 32.6 Å². The normalized spacial score (nSPS) is 19.6. The van der Waals surface area contributed by atoms with Crippen LogP contribution in [0, 0.1) is 0 Å². The standard InChI is InChI=1S/C24H27N5O2.ClH/c1-16-13-27(14-17(2)26-16)24(30)29-15-28-22(20-6-4-5-7-21(20)29)12-25-23(28)18-8-10-19(31-3)11-9-18;/h4-12,16-17,26H,13-15H2,1-3H3;1H. The summed E-state index contributed by atoms with van der Waals surface area (Å²) >= 11 is 0. The fourth-order valence-electron chi connectivity index (χ4n) is 4.66. The fourth-order valence-corrected chi connectivity index (χ4v) is 4.66. The van der Waals surface area contributed by atoms with Gasteiger partial charge >= 0.3 is 6.03 Å². The van der Waals surface area contributed by atoms with E-state index >= 15 is 0 Å². The minimum absolute atomic E-state index is 0. The van der Waals surface area contributed by atoms with Gasteiger partial charge < -0.3 is 19.5 Å². The Morgan fingerprint density at radius 3 is 2.44 bits per heavy atom. The second-order valence-electron chi connectivity index (χ2n) is 8.37. The van der Waals surface area contributed by atoms with Gasteiger partial charge in [-0.15, -0.1) is 12.4 Å². The maximum Gasteiger partial charge on any atom is 0.326 e. The summed E-state index contributed by atoms with van der Waals surface area (Å²) in [5.41, 5.74) is 3.96. The number of aromatic nitrogens is 2. The number of anilines is 1. The van der Waals surface area contributed by atoms with E-state index in [9.17, 15) is 4.79 Å². The van der Waals surface area contributed by atoms with Crippen LogP contribution in [0.4, 0.5) is 10.5 Å². The topological polar surface area (TPSA) is 62.6 Å². The number of rotatable bonds is 2. The van der Waals surface area contributed by atoms with Gasteiger partial charge in [0.25, 0.3) is 0 Å². The Hall–Kier alpha value is -3.03. The highest BCUT2D eigenvalue weighted by Crippen LogP contribution is 2.39. The van der Waals surface area contributed by atoms with Gasteiger partial charge in [0.1, 0.15) is 18.2 Å². The molecule has 7 nitrogen and oxygen atoms in total. The SMILES string of the molecule is COc1ccc(-c2ncc3n2CN(C(=O)N2CC(C)NC(C)C2)c2ccccc2-3)cc1.Cl. The number of carbonyl (C=O) groups is 1. The van der Waals surface area contributed by atoms with Crippen LogP contribution in [-0.4, -0.2) is 52.8 Å². The van der Waals surface area contributed by atoms with Crippen molar-refractivity contribution in [2.75, 3.05) is 25.1 Å². The van der Waals surface area contributed by atoms with Crippen LogP contribution in [0.1, 0.15) is 13.8 Å². The number of carbonyl (C=O) groups excluding carboxylic acids is 1. The van der Waals surface area contributed by atoms with Gasteiger partial charge in [0, 0.05) is 36.3 Å². The number of urea groups is 1. The number of halogens is 1. The molecule has 1 fully saturated rings. The Balaban J connectivity index is 0.00000245. The van der Waals surface area contributed by atoms with Gasteiger partial charge in [-0.05, 0) is 44.2 Å². The van der Waals surface area contributed by atoms with E-state index in [-0.39, 0.29) is 30.5 Å². The average Bonchev–Trinajstić information content (AvgIpc) is 3.21. The molecule has 168 valence electrons. The molecule has 3 heterocycles. The first-order valence-electron chi connectivity index (χ1n) is 10.7. The number of imidazole rings is 1. The van der Waals surface area contributed by atoms with Crippen LogP contribution in [0.2, 0.25) is 0 Å². The van der Waals surface area contributed by atoms with Crippen molar-refractivity contribution < 1.29 is 9.53 Å². The molecular formula is C24H28ClN5O2. The van der Waals surface area contributed by atoms with Gasteiger partial charge in [-0.2, -0.15) is 0 Å². The van der Waals surface area contributed by atoms with Gasteiger partial charge in [0.05, 0.1) is 24.7 Å². The number of piperazine rings is 1. The molecule has 1 aromatic heterocycles. The summed E-state index contributed by atoms with van der Waals surface area (Å²) in [6.07, 6.45) is 1.90. The lowest BCUT2D eigenvalue weighted by molar-refractivity contribution is 0.169. The third-order valence-electron chi connectivity index (χ3n) is 6.02. The third-order valence-corrected chi connectivity index (χ3v) is 6.02. The number of amides is 2. The van der Waals surface area contributed by atoms with Gasteiger partial charge in [-0.3, -0.25) is 4.90 Å². The highest BCUT2D eigenvalue weighted by molar-refractivity contribution is 5.97. The molecule has 2 atom stereocenters. The molecular weight excluding hydrogens is 426 g/mol. The Morgan fingerprint density at radius 2 is 1.75 bits per heavy atom. The Bertz CT molecular complexity index is 1100. The number of nitrogens with zero attached hydrogens (tertiary/aromatic N) is 4. The zero-order valence-electron chi connectivity index (χ0n) is 18.5. The molecule has 1 N–H and O–H groups in total. The lowest BCUT2D eigenvalue weighted by atomic mass is 10.1. The molecule has 1 saturated heterocycles. The van der Waals surface area contributed by atoms with E-state index in [1.165, 1.54) is 0 Å². The third kappa shape index (κ3) is 3.82. The van der Waals surface area contributed by atoms with Crippen LogP contribution in [0.15, 0.2) is 54.7 Å². The molecule has 2 unspecified atom stereocenters. The Kier molecular flexibility index (Phi) is 6.13. The lowest BCUT2D eigenvalue weighted by Crippen LogP contribution is -2.59. The fraction of sp³-hybridized carbons (Fsp3) is 0.333. The Morgan fingerprint density at radius 1 is 1.06 bits per heavy atom. The number of fused-ring (bicyclic) bond motifs is 3. The van der Waals surface area contributed by atoms with E-state index in [1.807, 2.05) is 58.5 Å². The summed E-state index contributed by atoms with van der Waals surface area (Å²) in [5.74, 6) is 1.64. The van der Waals surface area contributed by atoms with E-state index in [0.717, 1.165) is 34.1 Å². The molecule has 32 heavy (non-hydrogen) atoms. The number of benzene rings is 2. The Labute approximate surface area is 194 Å². The molecule has 0 aliphatic carbocycles. The molecule has 2 aliphatic heterocycles. The largest absolute Gasteiger partial charge is 0.497 e. The van der Waals surface area contributed by atoms with E-state index in [4.69, 9.17) is 9.72 Å². The monoisotopic (exact) mass is 453 g/mol. The summed E-state index contributed by atoms with van der Waals surface area (Å²) in [6, 6.07) is 16.5. The lowest BCUT2D eigenvalue weighted by Gasteiger charge is -2.40. The molecule has 0 radical (unpaired) electrons. The second-order valence-corrected chi connectivity index (χ2v) is 8.37. The molecule has 8 heteroatoms. The van der Waals surface area contributed by atoms with Crippen molar-refractivity contribution >= 4 is 24.1 Å². The van der Waals surface area contributed by atoms with Crippen LogP contribution in [0.25, 0.3) is 22.6 Å². The smallest absolute Gasteiger partial charge is 0.326 e. The average molecular weight is 454 g/mol. The summed E-state index contributed by atoms with van der Waals surface area (Å²) in [5, 5.41) is 3.50. The van der Waals surface area contributed by atoms with Gasteiger partial charge in [-0.1, -0.05) is 18.2 Å². The maximum absolute atomic E-state index is 13.6. The molecule has 0 saturated carbocycles. The van der Waals surface area contributed by atoms with Crippen LogP contribution < -0.4 is 15.0 Å². The van der Waals surface area contributed by atoms with Crippen molar-refractivity contribution in [3.8, 4) is 28.4 Å². The number of para-hydroxylation sites is 1. The highest BCUT2D eigenvalue weighted by atomic mass is 35.5. The first kappa shape index (κ1) is 22.2. The van der Waals surface area contributed by atoms with Crippen molar-refractivity contribution in [3.05, 3.63) is 54.7 Å². The second kappa shape index (κ2) is 8.84. The highest BCUT2D eigenvalue weighted by Gasteiger charge is 2.33. The van der Waals surface area contributed by atoms with Crippen LogP contribution in [0.3, 0.4) is 0 Å². The van der Waals surface area contributed by atoms with E-state index in [1.54, 1.807) is 7.11 Å². The zero-order chi connectivity index (χ0) is 21.5. The van der Waals surface area contributed by atoms with E-state index in [2.05, 4.69) is 29.8 Å². The van der Waals surface area contributed by atoms with Crippen molar-refractivity contribution in [3.63, 3.8) is 0 Å². The molecule has 0 spiro atoms. The number of hydrogen-bond donors (Lipinski definition) is 1. The first-order valence-corrected chi connectivity index (χ1v) is 10.7. The van der Waals surface area contributed by atoms with Gasteiger partial charge in [-0.25, -0.2) is 9.78 Å². The quantitative estimate of drug-likeness (QED) is 0.630. The minimum Gasteiger partial charge on any atom is -0.497 e. The minimum atomic E-state index is 0. The number of nitrogens with one attached hydrogen (secondary N) is 1. The number of ether oxygens (including phenoxy) is 1. The number of methoxy groups -OCH3 is 1. The van der Waals surface area contributed by atoms with E-state index < -0.39 is 0 Å². The summed E-state index contributed by atoms with van der Waals surface area (Å²) in [7, 11) is 1.66. The molecule has 2 amide bonds. The van der Waals surface area contributed by atoms with Crippen molar-refractivity contribution in [1.82, 2.24) is 19.8 Å². The first-order chi connectivity index (χ1) is 15.0.